The largest absolute Gasteiger partial charge is 0.479 e. The van der Waals surface area contributed by atoms with E-state index in [0.717, 1.165) is 12.2 Å². The van der Waals surface area contributed by atoms with Crippen LogP contribution in [-0.2, 0) is 9.59 Å². The molecular formula is C10H15N5O4. The Bertz CT molecular complexity index is 408. The number of aliphatic carboxylic acids is 2. The number of nitrogens with two attached hydrogens (primary N) is 1. The zero-order chi connectivity index (χ0) is 15.2. The van der Waals surface area contributed by atoms with Crippen molar-refractivity contribution in [3.63, 3.8) is 0 Å². The van der Waals surface area contributed by atoms with E-state index in [1.807, 2.05) is 5.32 Å². The minimum atomic E-state index is -1.49. The lowest BCUT2D eigenvalue weighted by molar-refractivity contribution is -0.144. The Morgan fingerprint density at radius 3 is 1.74 bits per heavy atom. The van der Waals surface area contributed by atoms with Crippen molar-refractivity contribution in [3.8, 4) is 0 Å². The summed E-state index contributed by atoms with van der Waals surface area (Å²) in [5.41, 5.74) is 5.02. The average molecular weight is 269 g/mol. The van der Waals surface area contributed by atoms with E-state index in [4.69, 9.17) is 26.8 Å². The van der Waals surface area contributed by atoms with Crippen LogP contribution in [-0.4, -0.2) is 51.1 Å². The summed E-state index contributed by atoms with van der Waals surface area (Å²) < 4.78 is 0. The van der Waals surface area contributed by atoms with Crippen LogP contribution in [0.25, 0.3) is 0 Å². The summed E-state index contributed by atoms with van der Waals surface area (Å²) in [6.45, 7) is 6.56. The van der Waals surface area contributed by atoms with Crippen LogP contribution in [0.2, 0.25) is 0 Å². The van der Waals surface area contributed by atoms with Crippen molar-refractivity contribution < 1.29 is 19.8 Å². The van der Waals surface area contributed by atoms with E-state index in [-0.39, 0.29) is 0 Å². The molecule has 9 heteroatoms. The molecule has 0 rings (SSSR count). The van der Waals surface area contributed by atoms with E-state index in [2.05, 4.69) is 13.2 Å². The fourth-order valence-electron chi connectivity index (χ4n) is 1.31. The molecule has 0 aliphatic rings. The molecule has 0 fully saturated rings. The molecule has 0 aromatic carbocycles. The number of guanidine groups is 2. The third kappa shape index (κ3) is 4.15. The molecule has 0 amide bonds. The van der Waals surface area contributed by atoms with Gasteiger partial charge in [-0.25, -0.2) is 9.59 Å². The minimum Gasteiger partial charge on any atom is -0.479 e. The summed E-state index contributed by atoms with van der Waals surface area (Å²) >= 11 is 0. The highest BCUT2D eigenvalue weighted by molar-refractivity contribution is 5.99. The number of carbonyl (C=O) groups is 2. The molecule has 0 bridgehead atoms. The lowest BCUT2D eigenvalue weighted by atomic mass is 10.1. The molecule has 0 heterocycles. The van der Waals surface area contributed by atoms with E-state index < -0.39 is 35.9 Å². The Morgan fingerprint density at radius 2 is 1.53 bits per heavy atom. The van der Waals surface area contributed by atoms with Crippen LogP contribution in [0.3, 0.4) is 0 Å². The van der Waals surface area contributed by atoms with Gasteiger partial charge in [-0.2, -0.15) is 0 Å². The van der Waals surface area contributed by atoms with Gasteiger partial charge in [0.05, 0.1) is 0 Å². The molecule has 0 saturated heterocycles. The predicted octanol–water partition coefficient (Wildman–Crippen LogP) is -1.02. The smallest absolute Gasteiger partial charge is 0.330 e. The van der Waals surface area contributed by atoms with Crippen LogP contribution >= 0.6 is 0 Å². The molecule has 104 valence electrons. The van der Waals surface area contributed by atoms with Gasteiger partial charge in [-0.15, -0.1) is 13.2 Å². The molecule has 0 aromatic rings. The maximum Gasteiger partial charge on any atom is 0.330 e. The molecule has 0 aromatic heterocycles. The molecule has 0 aliphatic carbocycles. The Labute approximate surface area is 109 Å². The van der Waals surface area contributed by atoms with Gasteiger partial charge < -0.3 is 20.8 Å². The van der Waals surface area contributed by atoms with Gasteiger partial charge in [0.15, 0.2) is 11.9 Å². The van der Waals surface area contributed by atoms with Crippen molar-refractivity contribution in [3.05, 3.63) is 25.3 Å². The van der Waals surface area contributed by atoms with Gasteiger partial charge in [0.2, 0.25) is 0 Å². The topological polar surface area (TPSA) is 164 Å². The number of hydrogen-bond donors (Lipinski definition) is 6. The molecule has 0 radical (unpaired) electrons. The first-order valence-corrected chi connectivity index (χ1v) is 4.94. The third-order valence-corrected chi connectivity index (χ3v) is 2.06. The molecule has 0 unspecified atom stereocenters. The molecular weight excluding hydrogens is 254 g/mol. The quantitative estimate of drug-likeness (QED) is 0.204. The summed E-state index contributed by atoms with van der Waals surface area (Å²) in [6, 6.07) is -2.98. The van der Waals surface area contributed by atoms with E-state index in [9.17, 15) is 9.59 Å². The van der Waals surface area contributed by atoms with Crippen molar-refractivity contribution in [2.24, 2.45) is 5.73 Å². The molecule has 2 atom stereocenters. The Balaban J connectivity index is 5.57. The first-order valence-electron chi connectivity index (χ1n) is 4.94. The summed E-state index contributed by atoms with van der Waals surface area (Å²) in [5, 5.41) is 34.6. The Morgan fingerprint density at radius 1 is 1.16 bits per heavy atom. The van der Waals surface area contributed by atoms with E-state index in [1.165, 1.54) is 0 Å². The first-order chi connectivity index (χ1) is 8.76. The Hall–Kier alpha value is -2.84. The van der Waals surface area contributed by atoms with Crippen LogP contribution in [0.15, 0.2) is 25.3 Å². The van der Waals surface area contributed by atoms with Crippen molar-refractivity contribution in [2.75, 3.05) is 0 Å². The highest BCUT2D eigenvalue weighted by atomic mass is 16.4. The third-order valence-electron chi connectivity index (χ3n) is 2.06. The van der Waals surface area contributed by atoms with Gasteiger partial charge >= 0.3 is 11.9 Å². The van der Waals surface area contributed by atoms with Crippen molar-refractivity contribution in [1.82, 2.24) is 10.2 Å². The molecule has 0 aliphatic heterocycles. The van der Waals surface area contributed by atoms with Crippen molar-refractivity contribution in [1.29, 1.82) is 10.8 Å². The second kappa shape index (κ2) is 6.79. The van der Waals surface area contributed by atoms with Crippen LogP contribution in [0.4, 0.5) is 0 Å². The number of hydrogen-bond acceptors (Lipinski definition) is 4. The average Bonchev–Trinajstić information content (AvgIpc) is 2.26. The van der Waals surface area contributed by atoms with Gasteiger partial charge in [-0.1, -0.05) is 12.2 Å². The van der Waals surface area contributed by atoms with Crippen LogP contribution < -0.4 is 11.1 Å². The molecule has 0 saturated carbocycles. The van der Waals surface area contributed by atoms with E-state index >= 15 is 0 Å². The summed E-state index contributed by atoms with van der Waals surface area (Å²) in [7, 11) is 0. The SMILES string of the molecule is C=C[C@H](C(=O)O)N(C(=N)NC(=N)N)[C@H](C=C)C(=O)O. The number of nitrogens with zero attached hydrogens (tertiary/aromatic N) is 1. The van der Waals surface area contributed by atoms with Gasteiger partial charge in [-0.05, 0) is 0 Å². The van der Waals surface area contributed by atoms with Gasteiger partial charge in [-0.3, -0.25) is 16.1 Å². The molecule has 19 heavy (non-hydrogen) atoms. The number of nitrogens with one attached hydrogen (secondary N) is 3. The summed E-state index contributed by atoms with van der Waals surface area (Å²) in [5.74, 6) is -4.10. The lowest BCUT2D eigenvalue weighted by Gasteiger charge is -2.32. The number of carboxylic acid groups (broad SMARTS) is 2. The van der Waals surface area contributed by atoms with Gasteiger partial charge in [0.25, 0.3) is 0 Å². The first kappa shape index (κ1) is 16.2. The maximum absolute atomic E-state index is 11.1. The molecule has 0 spiro atoms. The zero-order valence-corrected chi connectivity index (χ0v) is 9.96. The zero-order valence-electron chi connectivity index (χ0n) is 9.96. The van der Waals surface area contributed by atoms with Crippen molar-refractivity contribution >= 4 is 23.9 Å². The van der Waals surface area contributed by atoms with Gasteiger partial charge in [0, 0.05) is 0 Å². The predicted molar refractivity (Wildman–Crippen MR) is 67.9 cm³/mol. The maximum atomic E-state index is 11.1. The van der Waals surface area contributed by atoms with Crippen LogP contribution in [0, 0.1) is 10.8 Å². The highest BCUT2D eigenvalue weighted by Gasteiger charge is 2.34. The number of carboxylic acids is 2. The Kier molecular flexibility index (Phi) is 5.77. The van der Waals surface area contributed by atoms with Crippen LogP contribution in [0.5, 0.6) is 0 Å². The fraction of sp³-hybridized carbons (Fsp3) is 0.200. The second-order valence-corrected chi connectivity index (χ2v) is 3.33. The summed E-state index contributed by atoms with van der Waals surface area (Å²) in [6.07, 6.45) is 1.91. The standard InChI is InChI=1S/C10H15N5O4/c1-3-5(7(16)17)15(6(4-2)8(18)19)10(13)14-9(11)12/h3-6H,1-2H2,(H,16,17)(H,18,19)(H5,11,12,13,14)/t5-,6-/m1/s1. The van der Waals surface area contributed by atoms with Crippen LogP contribution in [0.1, 0.15) is 0 Å². The lowest BCUT2D eigenvalue weighted by Crippen LogP contribution is -2.57. The fourth-order valence-corrected chi connectivity index (χ4v) is 1.31. The normalized spacial score (nSPS) is 12.6. The minimum absolute atomic E-state index is 0.628. The van der Waals surface area contributed by atoms with Gasteiger partial charge in [0.1, 0.15) is 12.1 Å². The second-order valence-electron chi connectivity index (χ2n) is 3.33. The highest BCUT2D eigenvalue weighted by Crippen LogP contribution is 2.09. The van der Waals surface area contributed by atoms with E-state index in [1.54, 1.807) is 0 Å². The van der Waals surface area contributed by atoms with Crippen molar-refractivity contribution in [2.45, 2.75) is 12.1 Å². The summed E-state index contributed by atoms with van der Waals surface area (Å²) in [4.78, 5) is 22.8. The van der Waals surface area contributed by atoms with E-state index in [0.29, 0.717) is 4.90 Å². The molecule has 7 N–H and O–H groups in total. The molecule has 9 nitrogen and oxygen atoms in total. The monoisotopic (exact) mass is 269 g/mol. The number of rotatable bonds is 6.